The molecule has 4 aliphatic rings. The lowest BCUT2D eigenvalue weighted by Gasteiger charge is -2.34. The number of hydrogen-bond donors (Lipinski definition) is 1. The molecule has 1 N–H and O–H groups in total. The van der Waals surface area contributed by atoms with Crippen LogP contribution in [0.2, 0.25) is 5.02 Å². The molecule has 4 fully saturated rings. The summed E-state index contributed by atoms with van der Waals surface area (Å²) in [4.78, 5) is 40.9. The Morgan fingerprint density at radius 1 is 1.09 bits per heavy atom. The number of halogens is 2. The van der Waals surface area contributed by atoms with Crippen molar-refractivity contribution in [2.75, 3.05) is 32.7 Å². The Morgan fingerprint density at radius 2 is 1.70 bits per heavy atom. The third-order valence-corrected chi connectivity index (χ3v) is 9.20. The Labute approximate surface area is 195 Å². The second kappa shape index (κ2) is 7.92. The van der Waals surface area contributed by atoms with E-state index >= 15 is 0 Å². The van der Waals surface area contributed by atoms with E-state index in [0.29, 0.717) is 0 Å². The molecule has 0 radical (unpaired) electrons. The number of amides is 4. The van der Waals surface area contributed by atoms with E-state index in [-0.39, 0.29) is 60.4 Å². The highest BCUT2D eigenvalue weighted by molar-refractivity contribution is 7.89. The van der Waals surface area contributed by atoms with Crippen molar-refractivity contribution < 1.29 is 27.2 Å². The van der Waals surface area contributed by atoms with Crippen LogP contribution in [0.4, 0.5) is 9.18 Å². The maximum atomic E-state index is 13.4. The lowest BCUT2D eigenvalue weighted by atomic mass is 9.87. The first-order valence-electron chi connectivity index (χ1n) is 11.0. The third kappa shape index (κ3) is 3.79. The molecular weight excluding hydrogens is 475 g/mol. The van der Waals surface area contributed by atoms with E-state index < -0.39 is 33.3 Å². The van der Waals surface area contributed by atoms with Gasteiger partial charge in [0, 0.05) is 26.2 Å². The number of imide groups is 1. The summed E-state index contributed by atoms with van der Waals surface area (Å²) in [5, 5.41) is 2.61. The summed E-state index contributed by atoms with van der Waals surface area (Å²) in [6.07, 6.45) is 3.61. The standard InChI is InChI=1S/C21H24ClFN4O5S/c22-16-11-15(5-6-17(16)23)33(31,32)26-9-7-25(8-10-26)18(28)12-27-19(29)21(13-1-2-13,14-3-4-14)24-20(27)30/h5-6,11,13-14H,1-4,7-10,12H2,(H,24,30). The number of hydrogen-bond acceptors (Lipinski definition) is 5. The van der Waals surface area contributed by atoms with Crippen LogP contribution in [0.3, 0.4) is 0 Å². The Hall–Kier alpha value is -2.24. The molecule has 5 rings (SSSR count). The number of carbonyl (C=O) groups excluding carboxylic acids is 3. The predicted molar refractivity (Wildman–Crippen MR) is 115 cm³/mol. The van der Waals surface area contributed by atoms with E-state index in [1.807, 2.05) is 0 Å². The molecule has 0 aromatic heterocycles. The molecule has 0 spiro atoms. The van der Waals surface area contributed by atoms with Crippen LogP contribution in [0.5, 0.6) is 0 Å². The topological polar surface area (TPSA) is 107 Å². The van der Waals surface area contributed by atoms with Gasteiger partial charge in [0.15, 0.2) is 0 Å². The summed E-state index contributed by atoms with van der Waals surface area (Å²) in [6, 6.07) is 2.68. The van der Waals surface area contributed by atoms with E-state index in [0.717, 1.165) is 48.8 Å². The second-order valence-corrected chi connectivity index (χ2v) is 11.4. The highest BCUT2D eigenvalue weighted by atomic mass is 35.5. The minimum Gasteiger partial charge on any atom is -0.338 e. The van der Waals surface area contributed by atoms with Crippen molar-refractivity contribution in [2.24, 2.45) is 11.8 Å². The van der Waals surface area contributed by atoms with E-state index in [4.69, 9.17) is 11.6 Å². The van der Waals surface area contributed by atoms with Crippen molar-refractivity contribution in [2.45, 2.75) is 36.1 Å². The van der Waals surface area contributed by atoms with Crippen molar-refractivity contribution in [3.8, 4) is 0 Å². The molecule has 1 aromatic carbocycles. The van der Waals surface area contributed by atoms with Crippen LogP contribution in [0.15, 0.2) is 23.1 Å². The highest BCUT2D eigenvalue weighted by Crippen LogP contribution is 2.54. The van der Waals surface area contributed by atoms with Gasteiger partial charge < -0.3 is 10.2 Å². The number of rotatable bonds is 6. The van der Waals surface area contributed by atoms with Crippen molar-refractivity contribution in [1.29, 1.82) is 0 Å². The lowest BCUT2D eigenvalue weighted by molar-refractivity contribution is -0.140. The van der Waals surface area contributed by atoms with Gasteiger partial charge in [0.2, 0.25) is 15.9 Å². The van der Waals surface area contributed by atoms with Gasteiger partial charge in [0.1, 0.15) is 17.9 Å². The van der Waals surface area contributed by atoms with Crippen LogP contribution in [0.1, 0.15) is 25.7 Å². The molecule has 1 aromatic rings. The van der Waals surface area contributed by atoms with Gasteiger partial charge in [0.25, 0.3) is 5.91 Å². The smallest absolute Gasteiger partial charge is 0.325 e. The molecule has 2 aliphatic heterocycles. The minimum atomic E-state index is -3.90. The first kappa shape index (κ1) is 22.5. The Kier molecular flexibility index (Phi) is 5.41. The maximum Gasteiger partial charge on any atom is 0.325 e. The number of benzene rings is 1. The fraction of sp³-hybridized carbons (Fsp3) is 0.571. The molecule has 2 aliphatic carbocycles. The monoisotopic (exact) mass is 498 g/mol. The van der Waals surface area contributed by atoms with Crippen LogP contribution in [-0.2, 0) is 19.6 Å². The molecule has 2 saturated heterocycles. The van der Waals surface area contributed by atoms with Gasteiger partial charge in [0.05, 0.1) is 9.92 Å². The molecular formula is C21H24ClFN4O5S. The molecule has 2 heterocycles. The van der Waals surface area contributed by atoms with Crippen LogP contribution in [0, 0.1) is 17.7 Å². The summed E-state index contributed by atoms with van der Waals surface area (Å²) in [7, 11) is -3.90. The predicted octanol–water partition coefficient (Wildman–Crippen LogP) is 1.42. The summed E-state index contributed by atoms with van der Waals surface area (Å²) >= 11 is 5.72. The Balaban J connectivity index is 1.22. The minimum absolute atomic E-state index is 0.0390. The number of carbonyl (C=O) groups is 3. The Morgan fingerprint density at radius 3 is 2.24 bits per heavy atom. The number of sulfonamides is 1. The van der Waals surface area contributed by atoms with Gasteiger partial charge in [-0.3, -0.25) is 14.5 Å². The van der Waals surface area contributed by atoms with Crippen molar-refractivity contribution in [1.82, 2.24) is 19.4 Å². The fourth-order valence-electron chi connectivity index (χ4n) is 4.92. The van der Waals surface area contributed by atoms with Crippen LogP contribution >= 0.6 is 11.6 Å². The average Bonchev–Trinajstić information content (AvgIpc) is 3.70. The number of nitrogens with one attached hydrogen (secondary N) is 1. The van der Waals surface area contributed by atoms with E-state index in [2.05, 4.69) is 5.32 Å². The highest BCUT2D eigenvalue weighted by Gasteiger charge is 2.65. The van der Waals surface area contributed by atoms with Crippen LogP contribution in [-0.4, -0.2) is 78.6 Å². The summed E-state index contributed by atoms with van der Waals surface area (Å²) in [5.41, 5.74) is -0.847. The molecule has 33 heavy (non-hydrogen) atoms. The quantitative estimate of drug-likeness (QED) is 0.597. The van der Waals surface area contributed by atoms with Crippen molar-refractivity contribution in [3.63, 3.8) is 0 Å². The number of nitrogens with zero attached hydrogens (tertiary/aromatic N) is 3. The van der Waals surface area contributed by atoms with Gasteiger partial charge in [-0.05, 0) is 55.7 Å². The van der Waals surface area contributed by atoms with Gasteiger partial charge in [-0.2, -0.15) is 4.31 Å². The van der Waals surface area contributed by atoms with Gasteiger partial charge in [-0.1, -0.05) is 11.6 Å². The summed E-state index contributed by atoms with van der Waals surface area (Å²) < 4.78 is 40.3. The molecule has 2 saturated carbocycles. The zero-order valence-corrected chi connectivity index (χ0v) is 19.4. The average molecular weight is 499 g/mol. The summed E-state index contributed by atoms with van der Waals surface area (Å²) in [6.45, 7) is -0.0408. The zero-order chi connectivity index (χ0) is 23.5. The molecule has 9 nitrogen and oxygen atoms in total. The first-order valence-corrected chi connectivity index (χ1v) is 12.8. The van der Waals surface area contributed by atoms with Crippen molar-refractivity contribution in [3.05, 3.63) is 29.0 Å². The largest absolute Gasteiger partial charge is 0.338 e. The van der Waals surface area contributed by atoms with Crippen molar-refractivity contribution >= 4 is 39.5 Å². The second-order valence-electron chi connectivity index (χ2n) is 9.10. The lowest BCUT2D eigenvalue weighted by Crippen LogP contribution is -2.54. The number of urea groups is 1. The van der Waals surface area contributed by atoms with Crippen LogP contribution < -0.4 is 5.32 Å². The fourth-order valence-corrected chi connectivity index (χ4v) is 6.61. The van der Waals surface area contributed by atoms with Gasteiger partial charge >= 0.3 is 6.03 Å². The molecule has 0 unspecified atom stereocenters. The van der Waals surface area contributed by atoms with E-state index in [1.165, 1.54) is 9.21 Å². The van der Waals surface area contributed by atoms with Crippen LogP contribution in [0.25, 0.3) is 0 Å². The SMILES string of the molecule is O=C(CN1C(=O)NC(C2CC2)(C2CC2)C1=O)N1CCN(S(=O)(=O)c2ccc(F)c(Cl)c2)CC1. The maximum absolute atomic E-state index is 13.4. The van der Waals surface area contributed by atoms with E-state index in [1.54, 1.807) is 0 Å². The number of piperazine rings is 1. The normalized spacial score (nSPS) is 23.7. The summed E-state index contributed by atoms with van der Waals surface area (Å²) in [5.74, 6) is -1.12. The molecule has 0 atom stereocenters. The zero-order valence-electron chi connectivity index (χ0n) is 17.8. The molecule has 4 amide bonds. The molecule has 0 bridgehead atoms. The molecule has 12 heteroatoms. The first-order chi connectivity index (χ1) is 15.6. The third-order valence-electron chi connectivity index (χ3n) is 7.01. The van der Waals surface area contributed by atoms with Gasteiger partial charge in [-0.15, -0.1) is 0 Å². The Bertz CT molecular complexity index is 1120. The van der Waals surface area contributed by atoms with Gasteiger partial charge in [-0.25, -0.2) is 17.6 Å². The van der Waals surface area contributed by atoms with E-state index in [9.17, 15) is 27.2 Å². The molecule has 178 valence electrons.